The van der Waals surface area contributed by atoms with Gasteiger partial charge in [0.15, 0.2) is 0 Å². The normalized spacial score (nSPS) is 10.7. The van der Waals surface area contributed by atoms with Crippen molar-refractivity contribution in [2.75, 3.05) is 0 Å². The lowest BCUT2D eigenvalue weighted by Gasteiger charge is -2.06. The Morgan fingerprint density at radius 2 is 1.80 bits per heavy atom. The molecule has 0 atom stereocenters. The van der Waals surface area contributed by atoms with Gasteiger partial charge < -0.3 is 5.32 Å². The van der Waals surface area contributed by atoms with Crippen LogP contribution in [0.3, 0.4) is 0 Å². The number of H-pyrrole nitrogens is 1. The van der Waals surface area contributed by atoms with Crippen molar-refractivity contribution >= 4 is 16.8 Å². The van der Waals surface area contributed by atoms with Crippen LogP contribution < -0.4 is 5.32 Å². The lowest BCUT2D eigenvalue weighted by molar-refractivity contribution is 0.0951. The van der Waals surface area contributed by atoms with E-state index >= 15 is 0 Å². The van der Waals surface area contributed by atoms with Crippen molar-refractivity contribution in [3.63, 3.8) is 0 Å². The zero-order valence-electron chi connectivity index (χ0n) is 13.4. The highest BCUT2D eigenvalue weighted by Gasteiger charge is 2.12. The molecule has 4 rings (SSSR count). The van der Waals surface area contributed by atoms with Gasteiger partial charge in [-0.05, 0) is 35.9 Å². The number of rotatable bonds is 4. The van der Waals surface area contributed by atoms with E-state index < -0.39 is 0 Å². The molecule has 5 nitrogen and oxygen atoms in total. The molecule has 0 aliphatic rings. The molecule has 122 valence electrons. The van der Waals surface area contributed by atoms with Crippen LogP contribution in [0.2, 0.25) is 0 Å². The predicted molar refractivity (Wildman–Crippen MR) is 96.9 cm³/mol. The van der Waals surface area contributed by atoms with Gasteiger partial charge in [-0.25, -0.2) is 0 Å². The monoisotopic (exact) mass is 328 g/mol. The van der Waals surface area contributed by atoms with Crippen LogP contribution in [0.5, 0.6) is 0 Å². The van der Waals surface area contributed by atoms with Crippen molar-refractivity contribution in [2.45, 2.75) is 6.54 Å². The van der Waals surface area contributed by atoms with E-state index in [0.717, 1.165) is 27.7 Å². The molecule has 0 fully saturated rings. The molecule has 4 aromatic rings. The lowest BCUT2D eigenvalue weighted by atomic mass is 10.1. The highest BCUT2D eigenvalue weighted by molar-refractivity contribution is 6.01. The van der Waals surface area contributed by atoms with Crippen LogP contribution in [0.4, 0.5) is 0 Å². The van der Waals surface area contributed by atoms with Gasteiger partial charge in [-0.2, -0.15) is 5.10 Å². The van der Waals surface area contributed by atoms with E-state index in [4.69, 9.17) is 0 Å². The van der Waals surface area contributed by atoms with Crippen LogP contribution in [0.15, 0.2) is 73.1 Å². The number of nitrogens with one attached hydrogen (secondary N) is 2. The first-order chi connectivity index (χ1) is 12.3. The Morgan fingerprint density at radius 3 is 2.60 bits per heavy atom. The van der Waals surface area contributed by atoms with E-state index in [0.29, 0.717) is 12.1 Å². The number of carbonyl (C=O) groups is 1. The lowest BCUT2D eigenvalue weighted by Crippen LogP contribution is -2.22. The smallest absolute Gasteiger partial charge is 0.251 e. The molecule has 2 aromatic heterocycles. The molecule has 0 saturated carbocycles. The van der Waals surface area contributed by atoms with Gasteiger partial charge in [-0.1, -0.05) is 30.3 Å². The van der Waals surface area contributed by atoms with E-state index in [1.165, 1.54) is 0 Å². The maximum absolute atomic E-state index is 12.5. The number of hydrogen-bond donors (Lipinski definition) is 2. The van der Waals surface area contributed by atoms with Crippen LogP contribution in [0, 0.1) is 0 Å². The maximum Gasteiger partial charge on any atom is 0.251 e. The molecule has 0 spiro atoms. The third-order valence-electron chi connectivity index (χ3n) is 4.07. The Morgan fingerprint density at radius 1 is 1.00 bits per heavy atom. The molecule has 0 bridgehead atoms. The van der Waals surface area contributed by atoms with Crippen LogP contribution in [0.1, 0.15) is 15.9 Å². The fourth-order valence-electron chi connectivity index (χ4n) is 2.77. The van der Waals surface area contributed by atoms with Crippen molar-refractivity contribution in [3.8, 4) is 11.3 Å². The average molecular weight is 328 g/mol. The van der Waals surface area contributed by atoms with Crippen molar-refractivity contribution in [1.82, 2.24) is 20.5 Å². The topological polar surface area (TPSA) is 70.7 Å². The van der Waals surface area contributed by atoms with Gasteiger partial charge in [0, 0.05) is 35.5 Å². The third-order valence-corrected chi connectivity index (χ3v) is 4.07. The first-order valence-corrected chi connectivity index (χ1v) is 8.02. The van der Waals surface area contributed by atoms with E-state index in [1.807, 2.05) is 54.6 Å². The highest BCUT2D eigenvalue weighted by Crippen LogP contribution is 2.26. The molecule has 5 heteroatoms. The first-order valence-electron chi connectivity index (χ1n) is 8.02. The van der Waals surface area contributed by atoms with Crippen molar-refractivity contribution < 1.29 is 4.79 Å². The Kier molecular flexibility index (Phi) is 3.96. The Hall–Kier alpha value is -3.47. The molecule has 2 aromatic carbocycles. The first kappa shape index (κ1) is 15.1. The van der Waals surface area contributed by atoms with Gasteiger partial charge >= 0.3 is 0 Å². The van der Waals surface area contributed by atoms with Crippen LogP contribution in [0.25, 0.3) is 22.2 Å². The number of pyridine rings is 1. The van der Waals surface area contributed by atoms with Crippen LogP contribution in [-0.2, 0) is 6.54 Å². The highest BCUT2D eigenvalue weighted by atomic mass is 16.1. The summed E-state index contributed by atoms with van der Waals surface area (Å²) in [5.74, 6) is -0.104. The second-order valence-corrected chi connectivity index (χ2v) is 5.74. The number of aromatic nitrogens is 3. The molecular formula is C20H16N4O. The van der Waals surface area contributed by atoms with Gasteiger partial charge in [0.05, 0.1) is 5.52 Å². The number of nitrogens with zero attached hydrogens (tertiary/aromatic N) is 2. The van der Waals surface area contributed by atoms with E-state index in [1.54, 1.807) is 18.5 Å². The van der Waals surface area contributed by atoms with Crippen molar-refractivity contribution in [1.29, 1.82) is 0 Å². The van der Waals surface area contributed by atoms with Crippen LogP contribution in [-0.4, -0.2) is 21.1 Å². The molecular weight excluding hydrogens is 312 g/mol. The zero-order chi connectivity index (χ0) is 17.1. The molecule has 0 aliphatic carbocycles. The van der Waals surface area contributed by atoms with E-state index in [2.05, 4.69) is 20.5 Å². The summed E-state index contributed by atoms with van der Waals surface area (Å²) in [7, 11) is 0. The molecule has 0 unspecified atom stereocenters. The standard InChI is InChI=1S/C20H16N4O/c25-20(22-13-14-4-2-1-3-5-14)16-6-7-18-17(12-16)19(24-23-18)15-8-10-21-11-9-15/h1-12H,13H2,(H,22,25)(H,23,24). The van der Waals surface area contributed by atoms with Gasteiger partial charge in [0.1, 0.15) is 5.69 Å². The number of amides is 1. The minimum Gasteiger partial charge on any atom is -0.348 e. The number of fused-ring (bicyclic) bond motifs is 1. The zero-order valence-corrected chi connectivity index (χ0v) is 13.4. The van der Waals surface area contributed by atoms with Crippen molar-refractivity contribution in [3.05, 3.63) is 84.2 Å². The predicted octanol–water partition coefficient (Wildman–Crippen LogP) is 3.55. The summed E-state index contributed by atoms with van der Waals surface area (Å²) >= 11 is 0. The molecule has 2 heterocycles. The molecule has 0 saturated heterocycles. The summed E-state index contributed by atoms with van der Waals surface area (Å²) in [6.45, 7) is 0.500. The fourth-order valence-corrected chi connectivity index (χ4v) is 2.77. The van der Waals surface area contributed by atoms with Crippen LogP contribution >= 0.6 is 0 Å². The molecule has 25 heavy (non-hydrogen) atoms. The average Bonchev–Trinajstić information content (AvgIpc) is 3.11. The quantitative estimate of drug-likeness (QED) is 0.602. The number of hydrogen-bond acceptors (Lipinski definition) is 3. The molecule has 0 radical (unpaired) electrons. The SMILES string of the molecule is O=C(NCc1ccccc1)c1ccc2[nH]nc(-c3ccncc3)c2c1. The minimum atomic E-state index is -0.104. The van der Waals surface area contributed by atoms with Gasteiger partial charge in [0.2, 0.25) is 0 Å². The molecule has 1 amide bonds. The van der Waals surface area contributed by atoms with Crippen molar-refractivity contribution in [2.24, 2.45) is 0 Å². The summed E-state index contributed by atoms with van der Waals surface area (Å²) in [5.41, 5.74) is 4.35. The summed E-state index contributed by atoms with van der Waals surface area (Å²) < 4.78 is 0. The summed E-state index contributed by atoms with van der Waals surface area (Å²) in [6.07, 6.45) is 3.46. The van der Waals surface area contributed by atoms with Gasteiger partial charge in [-0.15, -0.1) is 0 Å². The molecule has 0 aliphatic heterocycles. The number of benzene rings is 2. The Balaban J connectivity index is 1.61. The molecule has 2 N–H and O–H groups in total. The fraction of sp³-hybridized carbons (Fsp3) is 0.0500. The maximum atomic E-state index is 12.5. The van der Waals surface area contributed by atoms with Gasteiger partial charge in [-0.3, -0.25) is 14.9 Å². The third kappa shape index (κ3) is 3.12. The number of aromatic amines is 1. The second kappa shape index (κ2) is 6.57. The van der Waals surface area contributed by atoms with Gasteiger partial charge in [0.25, 0.3) is 5.91 Å². The summed E-state index contributed by atoms with van der Waals surface area (Å²) in [6, 6.07) is 19.2. The Labute approximate surface area is 144 Å². The van der Waals surface area contributed by atoms with E-state index in [-0.39, 0.29) is 5.91 Å². The second-order valence-electron chi connectivity index (χ2n) is 5.74. The summed E-state index contributed by atoms with van der Waals surface area (Å²) in [4.78, 5) is 16.5. The largest absolute Gasteiger partial charge is 0.348 e. The minimum absolute atomic E-state index is 0.104. The number of carbonyl (C=O) groups excluding carboxylic acids is 1. The summed E-state index contributed by atoms with van der Waals surface area (Å²) in [5, 5.41) is 11.3. The van der Waals surface area contributed by atoms with E-state index in [9.17, 15) is 4.79 Å². The Bertz CT molecular complexity index is 1010.